The maximum absolute atomic E-state index is 13.1. The molecule has 0 bridgehead atoms. The van der Waals surface area contributed by atoms with Crippen molar-refractivity contribution in [2.75, 3.05) is 31.1 Å². The summed E-state index contributed by atoms with van der Waals surface area (Å²) < 4.78 is 3.20. The molecule has 0 spiro atoms. The fraction of sp³-hybridized carbons (Fsp3) is 0.476. The van der Waals surface area contributed by atoms with Crippen LogP contribution >= 0.6 is 0 Å². The minimum atomic E-state index is -0.138. The summed E-state index contributed by atoms with van der Waals surface area (Å²) in [5.74, 6) is 0.425. The average molecular weight is 409 g/mol. The van der Waals surface area contributed by atoms with Crippen molar-refractivity contribution in [3.8, 4) is 0 Å². The van der Waals surface area contributed by atoms with E-state index in [1.54, 1.807) is 16.5 Å². The number of hydrogen-bond acceptors (Lipinski definition) is 6. The van der Waals surface area contributed by atoms with E-state index in [9.17, 15) is 9.59 Å². The number of aryl methyl sites for hydroxylation is 1. The highest BCUT2D eigenvalue weighted by atomic mass is 16.2. The van der Waals surface area contributed by atoms with Crippen LogP contribution < -0.4 is 4.90 Å². The summed E-state index contributed by atoms with van der Waals surface area (Å²) in [5, 5.41) is 8.72. The Bertz CT molecular complexity index is 1070. The largest absolute Gasteiger partial charge is 0.340 e. The number of Topliss-reactive ketones (excluding diaryl/α,β-unsaturated/α-hetero) is 1. The molecule has 0 saturated carbocycles. The quantitative estimate of drug-likeness (QED) is 0.555. The molecule has 1 aliphatic heterocycles. The smallest absolute Gasteiger partial charge is 0.257 e. The van der Waals surface area contributed by atoms with Crippen molar-refractivity contribution in [2.24, 2.45) is 7.05 Å². The zero-order chi connectivity index (χ0) is 21.3. The van der Waals surface area contributed by atoms with Gasteiger partial charge in [-0.05, 0) is 38.3 Å². The number of carbonyl (C=O) groups is 2. The van der Waals surface area contributed by atoms with Gasteiger partial charge in [0.15, 0.2) is 11.4 Å². The molecule has 0 unspecified atom stereocenters. The first-order chi connectivity index (χ1) is 14.5. The molecule has 1 amide bonds. The van der Waals surface area contributed by atoms with E-state index < -0.39 is 0 Å². The second kappa shape index (κ2) is 8.25. The molecule has 1 saturated heterocycles. The first-order valence-electron chi connectivity index (χ1n) is 10.5. The molecule has 1 fully saturated rings. The second-order valence-corrected chi connectivity index (χ2v) is 7.55. The van der Waals surface area contributed by atoms with Gasteiger partial charge in [-0.3, -0.25) is 14.3 Å². The Morgan fingerprint density at radius 2 is 1.87 bits per heavy atom. The monoisotopic (exact) mass is 409 g/mol. The van der Waals surface area contributed by atoms with Crippen molar-refractivity contribution < 1.29 is 9.59 Å². The van der Waals surface area contributed by atoms with Gasteiger partial charge in [-0.2, -0.15) is 10.1 Å². The molecule has 0 radical (unpaired) electrons. The van der Waals surface area contributed by atoms with Gasteiger partial charge in [0.2, 0.25) is 5.95 Å². The van der Waals surface area contributed by atoms with Crippen molar-refractivity contribution in [3.63, 3.8) is 0 Å². The zero-order valence-electron chi connectivity index (χ0n) is 17.7. The van der Waals surface area contributed by atoms with Gasteiger partial charge >= 0.3 is 0 Å². The fourth-order valence-electron chi connectivity index (χ4n) is 3.94. The van der Waals surface area contributed by atoms with Gasteiger partial charge < -0.3 is 9.80 Å². The molecule has 0 aromatic carbocycles. The van der Waals surface area contributed by atoms with Gasteiger partial charge in [0.05, 0.1) is 11.8 Å². The predicted molar refractivity (Wildman–Crippen MR) is 113 cm³/mol. The summed E-state index contributed by atoms with van der Waals surface area (Å²) in [5.41, 5.74) is 2.28. The van der Waals surface area contributed by atoms with Crippen LogP contribution in [0.25, 0.3) is 5.65 Å². The van der Waals surface area contributed by atoms with Crippen LogP contribution in [-0.2, 0) is 13.5 Å². The Hall–Kier alpha value is -3.23. The highest BCUT2D eigenvalue weighted by Crippen LogP contribution is 2.18. The molecule has 1 aliphatic rings. The van der Waals surface area contributed by atoms with E-state index >= 15 is 0 Å². The predicted octanol–water partition coefficient (Wildman–Crippen LogP) is 1.97. The first-order valence-corrected chi connectivity index (χ1v) is 10.5. The number of ketones is 1. The number of aromatic nitrogens is 5. The lowest BCUT2D eigenvalue weighted by Gasteiger charge is -2.15. The van der Waals surface area contributed by atoms with Crippen LogP contribution in [-0.4, -0.2) is 67.1 Å². The summed E-state index contributed by atoms with van der Waals surface area (Å²) >= 11 is 0. The zero-order valence-corrected chi connectivity index (χ0v) is 17.7. The summed E-state index contributed by atoms with van der Waals surface area (Å²) in [6.07, 6.45) is 5.50. The third kappa shape index (κ3) is 3.67. The summed E-state index contributed by atoms with van der Waals surface area (Å²) in [6, 6.07) is 3.74. The number of rotatable bonds is 7. The van der Waals surface area contributed by atoms with Gasteiger partial charge in [0.1, 0.15) is 5.69 Å². The first kappa shape index (κ1) is 20.1. The number of likely N-dealkylation sites (tertiary alicyclic amines) is 1. The maximum atomic E-state index is 13.1. The molecule has 9 nitrogen and oxygen atoms in total. The van der Waals surface area contributed by atoms with E-state index in [0.717, 1.165) is 50.2 Å². The Balaban J connectivity index is 1.57. The van der Waals surface area contributed by atoms with Gasteiger partial charge in [-0.15, -0.1) is 5.10 Å². The highest BCUT2D eigenvalue weighted by molar-refractivity contribution is 6.07. The van der Waals surface area contributed by atoms with E-state index in [0.29, 0.717) is 17.2 Å². The van der Waals surface area contributed by atoms with E-state index in [1.807, 2.05) is 18.3 Å². The summed E-state index contributed by atoms with van der Waals surface area (Å²) in [7, 11) is 1.70. The molecule has 3 aromatic heterocycles. The van der Waals surface area contributed by atoms with Gasteiger partial charge in [0, 0.05) is 45.8 Å². The fourth-order valence-corrected chi connectivity index (χ4v) is 3.94. The van der Waals surface area contributed by atoms with E-state index in [2.05, 4.69) is 33.9 Å². The molecule has 4 heterocycles. The molecule has 158 valence electrons. The van der Waals surface area contributed by atoms with Crippen molar-refractivity contribution in [1.82, 2.24) is 29.3 Å². The third-order valence-electron chi connectivity index (χ3n) is 5.62. The van der Waals surface area contributed by atoms with Gasteiger partial charge in [-0.25, -0.2) is 4.52 Å². The molecule has 0 atom stereocenters. The molecule has 0 N–H and O–H groups in total. The van der Waals surface area contributed by atoms with Crippen molar-refractivity contribution in [3.05, 3.63) is 41.3 Å². The molecular weight excluding hydrogens is 382 g/mol. The topological polar surface area (TPSA) is 88.6 Å². The van der Waals surface area contributed by atoms with Gasteiger partial charge in [0.25, 0.3) is 5.91 Å². The minimum absolute atomic E-state index is 0.112. The number of fused-ring (bicyclic) bond motifs is 1. The van der Waals surface area contributed by atoms with Crippen molar-refractivity contribution in [2.45, 2.75) is 33.1 Å². The lowest BCUT2D eigenvalue weighted by Crippen LogP contribution is -2.29. The molecule has 30 heavy (non-hydrogen) atoms. The lowest BCUT2D eigenvalue weighted by molar-refractivity contribution is 0.0786. The van der Waals surface area contributed by atoms with Crippen LogP contribution in [0.15, 0.2) is 24.5 Å². The normalized spacial score (nSPS) is 13.9. The van der Waals surface area contributed by atoms with Crippen molar-refractivity contribution >= 4 is 23.3 Å². The molecule has 4 rings (SSSR count). The number of carbonyl (C=O) groups excluding carboxylic acids is 2. The minimum Gasteiger partial charge on any atom is -0.340 e. The number of hydrogen-bond donors (Lipinski definition) is 0. The van der Waals surface area contributed by atoms with Crippen LogP contribution in [0.5, 0.6) is 0 Å². The van der Waals surface area contributed by atoms with Crippen LogP contribution in [0.1, 0.15) is 53.1 Å². The molecule has 3 aromatic rings. The Labute approximate surface area is 175 Å². The second-order valence-electron chi connectivity index (χ2n) is 7.55. The highest BCUT2D eigenvalue weighted by Gasteiger charge is 2.27. The van der Waals surface area contributed by atoms with Crippen LogP contribution in [0.3, 0.4) is 0 Å². The summed E-state index contributed by atoms with van der Waals surface area (Å²) in [6.45, 7) is 7.25. The standard InChI is InChI=1S/C21H27N7O2/c1-4-26(5-2)21-23-18-9-8-15(14-28(18)24-21)12-17(29)19-16(13-22-25(19)3)20(30)27-10-6-7-11-27/h8-9,13-14H,4-7,10-12H2,1-3H3. The van der Waals surface area contributed by atoms with Crippen LogP contribution in [0.2, 0.25) is 0 Å². The van der Waals surface area contributed by atoms with Crippen molar-refractivity contribution in [1.29, 1.82) is 0 Å². The van der Waals surface area contributed by atoms with Gasteiger partial charge in [-0.1, -0.05) is 6.07 Å². The number of pyridine rings is 1. The van der Waals surface area contributed by atoms with E-state index in [4.69, 9.17) is 0 Å². The molecular formula is C21H27N7O2. The maximum Gasteiger partial charge on any atom is 0.257 e. The Morgan fingerprint density at radius 1 is 1.13 bits per heavy atom. The Morgan fingerprint density at radius 3 is 2.57 bits per heavy atom. The number of nitrogens with zero attached hydrogens (tertiary/aromatic N) is 7. The Kier molecular flexibility index (Phi) is 5.52. The molecule has 0 aliphatic carbocycles. The molecule has 9 heteroatoms. The van der Waals surface area contributed by atoms with E-state index in [1.165, 1.54) is 10.9 Å². The lowest BCUT2D eigenvalue weighted by atomic mass is 10.1. The van der Waals surface area contributed by atoms with Crippen LogP contribution in [0, 0.1) is 0 Å². The van der Waals surface area contributed by atoms with Crippen LogP contribution in [0.4, 0.5) is 5.95 Å². The SMILES string of the molecule is CCN(CC)c1nc2ccc(CC(=O)c3c(C(=O)N4CCCC4)cnn3C)cn2n1. The summed E-state index contributed by atoms with van der Waals surface area (Å²) in [4.78, 5) is 34.3. The number of anilines is 1. The number of amides is 1. The van der Waals surface area contributed by atoms with E-state index in [-0.39, 0.29) is 18.1 Å². The average Bonchev–Trinajstić information content (AvgIpc) is 3.47. The third-order valence-corrected chi connectivity index (χ3v) is 5.62.